The fourth-order valence-corrected chi connectivity index (χ4v) is 9.21. The van der Waals surface area contributed by atoms with Crippen molar-refractivity contribution in [2.24, 2.45) is 16.0 Å². The van der Waals surface area contributed by atoms with Crippen LogP contribution < -0.4 is 5.32 Å². The lowest BCUT2D eigenvalue weighted by Gasteiger charge is -2.36. The molecule has 45 heavy (non-hydrogen) atoms. The van der Waals surface area contributed by atoms with E-state index in [-0.39, 0.29) is 43.9 Å². The van der Waals surface area contributed by atoms with Gasteiger partial charge in [0.1, 0.15) is 11.0 Å². The zero-order valence-corrected chi connectivity index (χ0v) is 27.1. The largest absolute Gasteiger partial charge is 0.615 e. The van der Waals surface area contributed by atoms with Crippen LogP contribution in [0.4, 0.5) is 0 Å². The molecule has 2 saturated carbocycles. The first-order valence-corrected chi connectivity index (χ1v) is 18.4. The van der Waals surface area contributed by atoms with Crippen molar-refractivity contribution >= 4 is 22.0 Å². The van der Waals surface area contributed by atoms with E-state index in [0.29, 0.717) is 44.6 Å². The highest BCUT2D eigenvalue weighted by Crippen LogP contribution is 2.44. The van der Waals surface area contributed by atoms with Gasteiger partial charge in [0.25, 0.3) is 5.91 Å². The maximum atomic E-state index is 14.3. The average Bonchev–Trinajstić information content (AvgIpc) is 3.47. The van der Waals surface area contributed by atoms with E-state index in [1.807, 2.05) is 0 Å². The van der Waals surface area contributed by atoms with Gasteiger partial charge in [-0.2, -0.15) is 0 Å². The predicted molar refractivity (Wildman–Crippen MR) is 169 cm³/mol. The Balaban J connectivity index is 1.69. The van der Waals surface area contributed by atoms with Crippen molar-refractivity contribution < 1.29 is 38.3 Å². The summed E-state index contributed by atoms with van der Waals surface area (Å²) in [6.07, 6.45) is 8.52. The molecule has 4 atom stereocenters. The molecule has 0 spiro atoms. The lowest BCUT2D eigenvalue weighted by atomic mass is 9.78. The smallest absolute Gasteiger partial charge is 0.252 e. The number of nitrogens with zero attached hydrogens (tertiary/aromatic N) is 4. The van der Waals surface area contributed by atoms with Crippen molar-refractivity contribution in [2.75, 3.05) is 38.7 Å². The molecule has 0 radical (unpaired) electrons. The zero-order valence-electron chi connectivity index (χ0n) is 26.3. The predicted octanol–water partition coefficient (Wildman–Crippen LogP) is 3.48. The van der Waals surface area contributed by atoms with Crippen molar-refractivity contribution in [3.05, 3.63) is 21.6 Å². The molecule has 1 aliphatic heterocycles. The molecule has 254 valence electrons. The van der Waals surface area contributed by atoms with Gasteiger partial charge < -0.3 is 34.7 Å². The second-order valence-electron chi connectivity index (χ2n) is 12.9. The van der Waals surface area contributed by atoms with Crippen LogP contribution in [0.15, 0.2) is 21.3 Å². The number of amides is 1. The molecule has 0 bridgehead atoms. The minimum atomic E-state index is -3.53. The van der Waals surface area contributed by atoms with Gasteiger partial charge in [0, 0.05) is 53.8 Å². The molecule has 3 aliphatic carbocycles. The van der Waals surface area contributed by atoms with Crippen LogP contribution in [0.2, 0.25) is 0 Å². The van der Waals surface area contributed by atoms with Gasteiger partial charge in [-0.25, -0.2) is 4.99 Å². The summed E-state index contributed by atoms with van der Waals surface area (Å²) < 4.78 is 39.9. The summed E-state index contributed by atoms with van der Waals surface area (Å²) in [6, 6.07) is 0. The molecule has 4 aliphatic rings. The standard InChI is InChI=1S/C31H51N5O8S/c32-36-34-19-23-7-4-5-10-27(23)28-31(30(40)33-20-24(39)21-38,15-18-45(41,42)26-8-2-1-3-9-26)35-29(44-28)22-11-13-25(14-12-22)43-17-6-16-37/h22,24-26,28,37-39H,1-21H2,(H-,33,40,41,42)/t22?,24?,25?,28-,31-/m0/s1. The van der Waals surface area contributed by atoms with Crippen molar-refractivity contribution in [3.8, 4) is 0 Å². The number of nitrogens with one attached hydrogen (secondary N) is 1. The third-order valence-electron chi connectivity index (χ3n) is 9.86. The molecular weight excluding hydrogens is 602 g/mol. The monoisotopic (exact) mass is 653 g/mol. The average molecular weight is 654 g/mol. The highest BCUT2D eigenvalue weighted by molar-refractivity contribution is 7.98. The molecule has 0 aromatic carbocycles. The molecule has 13 nitrogen and oxygen atoms in total. The molecule has 14 heteroatoms. The van der Waals surface area contributed by atoms with Crippen LogP contribution >= 0.6 is 0 Å². The Morgan fingerprint density at radius 2 is 1.89 bits per heavy atom. The second-order valence-corrected chi connectivity index (χ2v) is 15.3. The number of rotatable bonds is 16. The first kappa shape index (κ1) is 35.8. The molecule has 1 amide bonds. The number of sulfone groups is 1. The van der Waals surface area contributed by atoms with Crippen molar-refractivity contribution in [2.45, 2.75) is 125 Å². The molecule has 0 aromatic heterocycles. The lowest BCUT2D eigenvalue weighted by Crippen LogP contribution is -2.55. The first-order valence-electron chi connectivity index (χ1n) is 16.7. The number of carbonyl (C=O) groups is 1. The van der Waals surface area contributed by atoms with E-state index in [4.69, 9.17) is 25.1 Å². The normalized spacial score (nSPS) is 29.7. The molecular formula is C31H51N5O8S. The van der Waals surface area contributed by atoms with E-state index < -0.39 is 45.7 Å². The summed E-state index contributed by atoms with van der Waals surface area (Å²) in [5.74, 6) is -0.420. The number of azide groups is 1. The second kappa shape index (κ2) is 17.2. The van der Waals surface area contributed by atoms with Crippen LogP contribution in [-0.4, -0.2) is 99.4 Å². The van der Waals surface area contributed by atoms with Crippen LogP contribution in [0.5, 0.6) is 0 Å². The van der Waals surface area contributed by atoms with Crippen LogP contribution in [0.3, 0.4) is 0 Å². The molecule has 4 N–H and O–H groups in total. The fourth-order valence-electron chi connectivity index (χ4n) is 7.23. The van der Waals surface area contributed by atoms with E-state index in [2.05, 4.69) is 15.3 Å². The Morgan fingerprint density at radius 3 is 2.58 bits per heavy atom. The summed E-state index contributed by atoms with van der Waals surface area (Å²) >= 11 is 0. The Hall–Kier alpha value is -2.06. The van der Waals surface area contributed by atoms with Gasteiger partial charge in [-0.15, -0.1) is 4.21 Å². The topological polar surface area (TPSA) is 210 Å². The van der Waals surface area contributed by atoms with Gasteiger partial charge in [-0.3, -0.25) is 4.79 Å². The number of hydrogen-bond donors (Lipinski definition) is 4. The molecule has 2 fully saturated rings. The quantitative estimate of drug-likeness (QED) is 0.0483. The molecule has 4 rings (SSSR count). The number of ether oxygens (including phenoxy) is 2. The molecule has 0 saturated heterocycles. The third-order valence-corrected chi connectivity index (χ3v) is 12.1. The minimum Gasteiger partial charge on any atom is -0.615 e. The molecule has 0 aromatic rings. The van der Waals surface area contributed by atoms with Gasteiger partial charge >= 0.3 is 0 Å². The maximum absolute atomic E-state index is 14.3. The van der Waals surface area contributed by atoms with Gasteiger partial charge in [0.2, 0.25) is 0 Å². The summed E-state index contributed by atoms with van der Waals surface area (Å²) in [5, 5.41) is 34.7. The Labute approximate surface area is 267 Å². The van der Waals surface area contributed by atoms with E-state index in [1.54, 1.807) is 0 Å². The van der Waals surface area contributed by atoms with Crippen molar-refractivity contribution in [1.29, 1.82) is 0 Å². The number of aliphatic hydroxyl groups is 3. The Bertz CT molecular complexity index is 1150. The van der Waals surface area contributed by atoms with Crippen LogP contribution in [0.25, 0.3) is 10.4 Å². The number of aliphatic imine (C=N–C) groups is 1. The highest BCUT2D eigenvalue weighted by Gasteiger charge is 2.56. The van der Waals surface area contributed by atoms with Gasteiger partial charge in [-0.1, -0.05) is 17.1 Å². The van der Waals surface area contributed by atoms with E-state index >= 15 is 0 Å². The molecule has 1 heterocycles. The number of hydrogen-bond acceptors (Lipinski definition) is 10. The maximum Gasteiger partial charge on any atom is 0.252 e. The summed E-state index contributed by atoms with van der Waals surface area (Å²) in [4.78, 5) is 22.2. The Morgan fingerprint density at radius 1 is 1.16 bits per heavy atom. The van der Waals surface area contributed by atoms with Gasteiger partial charge in [0.05, 0.1) is 18.8 Å². The third kappa shape index (κ3) is 9.27. The van der Waals surface area contributed by atoms with E-state index in [0.717, 1.165) is 68.9 Å². The highest BCUT2D eigenvalue weighted by atomic mass is 32.3. The van der Waals surface area contributed by atoms with Gasteiger partial charge in [0.15, 0.2) is 17.5 Å². The van der Waals surface area contributed by atoms with E-state index in [1.165, 1.54) is 0 Å². The van der Waals surface area contributed by atoms with Crippen LogP contribution in [0.1, 0.15) is 96.3 Å². The van der Waals surface area contributed by atoms with E-state index in [9.17, 15) is 23.8 Å². The summed E-state index contributed by atoms with van der Waals surface area (Å²) in [7, 11) is -3.53. The fraction of sp³-hybridized carbons (Fsp3) is 0.871. The first-order chi connectivity index (χ1) is 21.7. The SMILES string of the molecule is [N-]=[N+]=NCC1=C([C@@H]2OC(C3CCC(OCCCO)CC3)=N[C@]2(CC[S+](=O)([O-])C2CCCCC2)C(=O)NCC(O)CO)CCCC1. The van der Waals surface area contributed by atoms with Gasteiger partial charge in [-0.05, 0) is 94.6 Å². The van der Waals surface area contributed by atoms with Crippen LogP contribution in [-0.2, 0) is 28.7 Å². The summed E-state index contributed by atoms with van der Waals surface area (Å²) in [5.41, 5.74) is 9.19. The summed E-state index contributed by atoms with van der Waals surface area (Å²) in [6.45, 7) is -0.0484. The minimum absolute atomic E-state index is 0.0655. The zero-order chi connectivity index (χ0) is 32.3. The number of aliphatic hydroxyl groups excluding tert-OH is 3. The number of carbonyl (C=O) groups excluding carboxylic acids is 1. The van der Waals surface area contributed by atoms with Crippen molar-refractivity contribution in [3.63, 3.8) is 0 Å². The Kier molecular flexibility index (Phi) is 13.7. The van der Waals surface area contributed by atoms with Crippen LogP contribution in [0, 0.1) is 5.92 Å². The lowest BCUT2D eigenvalue weighted by molar-refractivity contribution is -0.128. The van der Waals surface area contributed by atoms with Crippen molar-refractivity contribution in [1.82, 2.24) is 5.32 Å². The molecule has 2 unspecified atom stereocenters.